The fraction of sp³-hybridized carbons (Fsp3) is 0.316. The number of aromatic nitrogens is 2. The number of amides is 1. The smallest absolute Gasteiger partial charge is 0.330 e. The summed E-state index contributed by atoms with van der Waals surface area (Å²) in [6.45, 7) is 1.82. The predicted octanol–water partition coefficient (Wildman–Crippen LogP) is 0.992. The van der Waals surface area contributed by atoms with Gasteiger partial charge < -0.3 is 19.4 Å². The second kappa shape index (κ2) is 8.39. The molecule has 1 aromatic heterocycles. The van der Waals surface area contributed by atoms with Crippen molar-refractivity contribution >= 4 is 12.0 Å². The van der Waals surface area contributed by atoms with E-state index in [0.29, 0.717) is 11.5 Å². The van der Waals surface area contributed by atoms with E-state index in [0.717, 1.165) is 10.1 Å². The average Bonchev–Trinajstić information content (AvgIpc) is 2.67. The zero-order valence-electron chi connectivity index (χ0n) is 16.0. The van der Waals surface area contributed by atoms with Crippen molar-refractivity contribution in [3.8, 4) is 11.5 Å². The Kier molecular flexibility index (Phi) is 6.23. The summed E-state index contributed by atoms with van der Waals surface area (Å²) in [5.41, 5.74) is 0.136. The van der Waals surface area contributed by atoms with Gasteiger partial charge in [0.2, 0.25) is 5.91 Å². The molecule has 1 N–H and O–H groups in total. The van der Waals surface area contributed by atoms with Crippen LogP contribution in [0, 0.1) is 0 Å². The summed E-state index contributed by atoms with van der Waals surface area (Å²) in [6.07, 6.45) is 4.03. The van der Waals surface area contributed by atoms with Gasteiger partial charge in [-0.15, -0.1) is 0 Å². The maximum absolute atomic E-state index is 12.2. The zero-order chi connectivity index (χ0) is 20.1. The second-order valence-corrected chi connectivity index (χ2v) is 6.01. The number of carbonyl (C=O) groups excluding carboxylic acids is 1. The van der Waals surface area contributed by atoms with Crippen LogP contribution in [-0.4, -0.2) is 29.3 Å². The van der Waals surface area contributed by atoms with E-state index in [4.69, 9.17) is 9.47 Å². The molecule has 1 unspecified atom stereocenters. The lowest BCUT2D eigenvalue weighted by Gasteiger charge is -2.17. The van der Waals surface area contributed by atoms with Crippen molar-refractivity contribution in [1.29, 1.82) is 0 Å². The molecule has 0 spiro atoms. The first-order valence-electron chi connectivity index (χ1n) is 8.25. The summed E-state index contributed by atoms with van der Waals surface area (Å²) < 4.78 is 12.8. The minimum atomic E-state index is -0.466. The monoisotopic (exact) mass is 373 g/mol. The average molecular weight is 373 g/mol. The van der Waals surface area contributed by atoms with E-state index in [1.54, 1.807) is 26.4 Å². The van der Waals surface area contributed by atoms with Crippen LogP contribution in [0.4, 0.5) is 0 Å². The third-order valence-corrected chi connectivity index (χ3v) is 4.15. The van der Waals surface area contributed by atoms with Gasteiger partial charge in [0, 0.05) is 38.0 Å². The minimum Gasteiger partial charge on any atom is -0.497 e. The zero-order valence-corrected chi connectivity index (χ0v) is 16.0. The number of hydrogen-bond donors (Lipinski definition) is 1. The first-order chi connectivity index (χ1) is 12.8. The molecule has 0 aliphatic carbocycles. The lowest BCUT2D eigenvalue weighted by Crippen LogP contribution is -2.37. The van der Waals surface area contributed by atoms with Gasteiger partial charge in [-0.05, 0) is 25.1 Å². The fourth-order valence-corrected chi connectivity index (χ4v) is 2.63. The summed E-state index contributed by atoms with van der Waals surface area (Å²) >= 11 is 0. The standard InChI is InChI=1S/C19H23N3O5/c1-12(15-8-7-14(26-4)10-16(15)27-5)20-17(23)9-6-13-11-21(2)19(25)22(3)18(13)24/h6-12H,1-5H3,(H,20,23). The van der Waals surface area contributed by atoms with E-state index < -0.39 is 11.2 Å². The Hall–Kier alpha value is -3.29. The number of benzene rings is 1. The Bertz CT molecular complexity index is 988. The maximum atomic E-state index is 12.2. The quantitative estimate of drug-likeness (QED) is 0.763. The van der Waals surface area contributed by atoms with Crippen molar-refractivity contribution in [2.24, 2.45) is 14.1 Å². The highest BCUT2D eigenvalue weighted by molar-refractivity contribution is 5.91. The molecule has 0 saturated heterocycles. The molecule has 8 nitrogen and oxygen atoms in total. The SMILES string of the molecule is COc1ccc(C(C)NC(=O)C=Cc2cn(C)c(=O)n(C)c2=O)c(OC)c1. The van der Waals surface area contributed by atoms with Crippen LogP contribution in [0.3, 0.4) is 0 Å². The predicted molar refractivity (Wildman–Crippen MR) is 102 cm³/mol. The van der Waals surface area contributed by atoms with Crippen LogP contribution in [-0.2, 0) is 18.9 Å². The van der Waals surface area contributed by atoms with Crippen LogP contribution in [0.1, 0.15) is 24.1 Å². The van der Waals surface area contributed by atoms with Crippen molar-refractivity contribution in [2.45, 2.75) is 13.0 Å². The molecule has 0 aliphatic heterocycles. The van der Waals surface area contributed by atoms with E-state index >= 15 is 0 Å². The van der Waals surface area contributed by atoms with Crippen molar-refractivity contribution in [2.75, 3.05) is 14.2 Å². The summed E-state index contributed by atoms with van der Waals surface area (Å²) in [6, 6.07) is 5.01. The Morgan fingerprint density at radius 1 is 1.19 bits per heavy atom. The maximum Gasteiger partial charge on any atom is 0.330 e. The number of nitrogens with one attached hydrogen (secondary N) is 1. The van der Waals surface area contributed by atoms with E-state index in [9.17, 15) is 14.4 Å². The molecule has 8 heteroatoms. The van der Waals surface area contributed by atoms with Crippen LogP contribution in [0.25, 0.3) is 6.08 Å². The molecule has 0 fully saturated rings. The lowest BCUT2D eigenvalue weighted by atomic mass is 10.1. The van der Waals surface area contributed by atoms with Gasteiger partial charge in [-0.25, -0.2) is 4.79 Å². The van der Waals surface area contributed by atoms with Crippen LogP contribution in [0.5, 0.6) is 11.5 Å². The number of nitrogens with zero attached hydrogens (tertiary/aromatic N) is 2. The first-order valence-corrected chi connectivity index (χ1v) is 8.25. The number of aryl methyl sites for hydroxylation is 1. The van der Waals surface area contributed by atoms with Gasteiger partial charge in [0.1, 0.15) is 11.5 Å². The molecule has 1 amide bonds. The highest BCUT2D eigenvalue weighted by atomic mass is 16.5. The number of carbonyl (C=O) groups is 1. The van der Waals surface area contributed by atoms with Gasteiger partial charge in [-0.3, -0.25) is 14.2 Å². The number of methoxy groups -OCH3 is 2. The largest absolute Gasteiger partial charge is 0.497 e. The summed E-state index contributed by atoms with van der Waals surface area (Å²) in [7, 11) is 6.04. The van der Waals surface area contributed by atoms with Crippen LogP contribution >= 0.6 is 0 Å². The fourth-order valence-electron chi connectivity index (χ4n) is 2.63. The Morgan fingerprint density at radius 3 is 2.52 bits per heavy atom. The molecular formula is C19H23N3O5. The molecule has 1 heterocycles. The highest BCUT2D eigenvalue weighted by Gasteiger charge is 2.14. The molecule has 0 bridgehead atoms. The van der Waals surface area contributed by atoms with Gasteiger partial charge in [0.05, 0.1) is 25.8 Å². The van der Waals surface area contributed by atoms with E-state index in [1.165, 1.54) is 37.0 Å². The number of rotatable bonds is 6. The lowest BCUT2D eigenvalue weighted by molar-refractivity contribution is -0.117. The molecular weight excluding hydrogens is 350 g/mol. The normalized spacial score (nSPS) is 12.0. The summed E-state index contributed by atoms with van der Waals surface area (Å²) in [5, 5.41) is 2.81. The molecule has 144 valence electrons. The topological polar surface area (TPSA) is 91.6 Å². The third kappa shape index (κ3) is 4.46. The molecule has 1 atom stereocenters. The molecule has 2 rings (SSSR count). The minimum absolute atomic E-state index is 0.240. The van der Waals surface area contributed by atoms with Gasteiger partial charge >= 0.3 is 5.69 Å². The molecule has 2 aromatic rings. The molecule has 0 aliphatic rings. The highest BCUT2D eigenvalue weighted by Crippen LogP contribution is 2.29. The Balaban J connectivity index is 2.18. The van der Waals surface area contributed by atoms with Crippen LogP contribution < -0.4 is 26.0 Å². The molecule has 27 heavy (non-hydrogen) atoms. The second-order valence-electron chi connectivity index (χ2n) is 6.01. The van der Waals surface area contributed by atoms with E-state index in [1.807, 2.05) is 13.0 Å². The van der Waals surface area contributed by atoms with Gasteiger partial charge in [0.15, 0.2) is 0 Å². The van der Waals surface area contributed by atoms with Crippen LogP contribution in [0.2, 0.25) is 0 Å². The van der Waals surface area contributed by atoms with Crippen LogP contribution in [0.15, 0.2) is 40.1 Å². The van der Waals surface area contributed by atoms with Crippen molar-refractivity contribution < 1.29 is 14.3 Å². The molecule has 1 aromatic carbocycles. The van der Waals surface area contributed by atoms with E-state index in [-0.39, 0.29) is 17.5 Å². The Morgan fingerprint density at radius 2 is 1.89 bits per heavy atom. The van der Waals surface area contributed by atoms with Gasteiger partial charge in [0.25, 0.3) is 5.56 Å². The first kappa shape index (κ1) is 20.0. The van der Waals surface area contributed by atoms with E-state index in [2.05, 4.69) is 5.32 Å². The molecule has 0 radical (unpaired) electrons. The number of ether oxygens (including phenoxy) is 2. The van der Waals surface area contributed by atoms with Crippen molar-refractivity contribution in [3.63, 3.8) is 0 Å². The van der Waals surface area contributed by atoms with Gasteiger partial charge in [-0.1, -0.05) is 0 Å². The van der Waals surface area contributed by atoms with Crippen molar-refractivity contribution in [1.82, 2.24) is 14.5 Å². The van der Waals surface area contributed by atoms with Gasteiger partial charge in [-0.2, -0.15) is 0 Å². The third-order valence-electron chi connectivity index (χ3n) is 4.15. The Labute approximate surface area is 156 Å². The summed E-state index contributed by atoms with van der Waals surface area (Å²) in [5.74, 6) is 0.869. The number of hydrogen-bond acceptors (Lipinski definition) is 5. The molecule has 0 saturated carbocycles. The summed E-state index contributed by atoms with van der Waals surface area (Å²) in [4.78, 5) is 36.0. The van der Waals surface area contributed by atoms with Crippen molar-refractivity contribution in [3.05, 3.63) is 62.4 Å².